The monoisotopic (exact) mass is 263 g/mol. The number of aryl methyl sites for hydroxylation is 2. The molecule has 0 spiro atoms. The Labute approximate surface area is 98.0 Å². The summed E-state index contributed by atoms with van der Waals surface area (Å²) in [6.45, 7) is 4.35. The lowest BCUT2D eigenvalue weighted by molar-refractivity contribution is 1.13. The van der Waals surface area contributed by atoms with Crippen LogP contribution in [0.2, 0.25) is 0 Å². The number of rotatable bonds is 1. The molecule has 1 saturated carbocycles. The normalized spacial score (nSPS) is 16.2. The fourth-order valence-corrected chi connectivity index (χ4v) is 2.97. The van der Waals surface area contributed by atoms with Crippen molar-refractivity contribution in [1.82, 2.24) is 4.98 Å². The van der Waals surface area contributed by atoms with Crippen LogP contribution in [0.5, 0.6) is 0 Å². The van der Waals surface area contributed by atoms with Crippen molar-refractivity contribution in [1.29, 1.82) is 0 Å². The standard InChI is InChI=1S/C13H14BrN/c1-7-5-10-11(6-8(7)2)15-13(14)12(10)9-3-4-9/h5-6,9,15H,3-4H2,1-2H3. The summed E-state index contributed by atoms with van der Waals surface area (Å²) in [5, 5.41) is 1.41. The van der Waals surface area contributed by atoms with Crippen molar-refractivity contribution in [2.45, 2.75) is 32.6 Å². The molecule has 0 atom stereocenters. The van der Waals surface area contributed by atoms with Gasteiger partial charge in [-0.3, -0.25) is 0 Å². The van der Waals surface area contributed by atoms with Crippen molar-refractivity contribution in [2.24, 2.45) is 0 Å². The van der Waals surface area contributed by atoms with E-state index in [1.165, 1.54) is 45.0 Å². The highest BCUT2D eigenvalue weighted by Crippen LogP contribution is 2.46. The molecule has 2 aromatic rings. The first kappa shape index (κ1) is 9.46. The van der Waals surface area contributed by atoms with E-state index in [-0.39, 0.29) is 0 Å². The number of halogens is 1. The van der Waals surface area contributed by atoms with Gasteiger partial charge in [0.15, 0.2) is 0 Å². The van der Waals surface area contributed by atoms with E-state index in [1.807, 2.05) is 0 Å². The average Bonchev–Trinajstić information content (AvgIpc) is 2.93. The van der Waals surface area contributed by atoms with Crippen LogP contribution in [0.15, 0.2) is 16.7 Å². The second-order valence-electron chi connectivity index (χ2n) is 4.61. The van der Waals surface area contributed by atoms with Crippen molar-refractivity contribution in [3.8, 4) is 0 Å². The third kappa shape index (κ3) is 1.43. The Bertz CT molecular complexity index is 535. The van der Waals surface area contributed by atoms with E-state index in [9.17, 15) is 0 Å². The molecular formula is C13H14BrN. The van der Waals surface area contributed by atoms with Crippen LogP contribution in [0.25, 0.3) is 10.9 Å². The SMILES string of the molecule is Cc1cc2[nH]c(Br)c(C3CC3)c2cc1C. The van der Waals surface area contributed by atoms with E-state index in [1.54, 1.807) is 0 Å². The van der Waals surface area contributed by atoms with Gasteiger partial charge in [0.2, 0.25) is 0 Å². The van der Waals surface area contributed by atoms with E-state index in [0.29, 0.717) is 0 Å². The Balaban J connectivity index is 2.34. The molecule has 0 bridgehead atoms. The maximum Gasteiger partial charge on any atom is 0.0866 e. The molecule has 1 heterocycles. The number of H-pyrrole nitrogens is 1. The van der Waals surface area contributed by atoms with Crippen LogP contribution in [-0.2, 0) is 0 Å². The molecule has 1 aromatic heterocycles. The molecule has 0 radical (unpaired) electrons. The first-order valence-electron chi connectivity index (χ1n) is 5.45. The van der Waals surface area contributed by atoms with Gasteiger partial charge >= 0.3 is 0 Å². The molecule has 15 heavy (non-hydrogen) atoms. The van der Waals surface area contributed by atoms with E-state index in [2.05, 4.69) is 46.9 Å². The summed E-state index contributed by atoms with van der Waals surface area (Å²) < 4.78 is 1.19. The van der Waals surface area contributed by atoms with Gasteiger partial charge in [0.1, 0.15) is 0 Å². The minimum Gasteiger partial charge on any atom is -0.349 e. The van der Waals surface area contributed by atoms with Gasteiger partial charge in [-0.05, 0) is 77.4 Å². The third-order valence-corrected chi connectivity index (χ3v) is 4.02. The number of aromatic nitrogens is 1. The predicted molar refractivity (Wildman–Crippen MR) is 67.4 cm³/mol. The van der Waals surface area contributed by atoms with Gasteiger partial charge < -0.3 is 4.98 Å². The van der Waals surface area contributed by atoms with Gasteiger partial charge in [0.25, 0.3) is 0 Å². The summed E-state index contributed by atoms with van der Waals surface area (Å²) in [4.78, 5) is 3.43. The van der Waals surface area contributed by atoms with E-state index in [4.69, 9.17) is 0 Å². The van der Waals surface area contributed by atoms with Crippen LogP contribution in [0.4, 0.5) is 0 Å². The quantitative estimate of drug-likeness (QED) is 0.784. The third-order valence-electron chi connectivity index (χ3n) is 3.39. The van der Waals surface area contributed by atoms with Crippen LogP contribution in [0.3, 0.4) is 0 Å². The van der Waals surface area contributed by atoms with Crippen LogP contribution in [0.1, 0.15) is 35.4 Å². The zero-order valence-corrected chi connectivity index (χ0v) is 10.6. The zero-order valence-electron chi connectivity index (χ0n) is 9.02. The van der Waals surface area contributed by atoms with Crippen molar-refractivity contribution in [2.75, 3.05) is 0 Å². The Morgan fingerprint density at radius 2 is 1.87 bits per heavy atom. The predicted octanol–water partition coefficient (Wildman–Crippen LogP) is 4.42. The molecule has 1 N–H and O–H groups in total. The number of hydrogen-bond acceptors (Lipinski definition) is 0. The minimum absolute atomic E-state index is 0.787. The maximum atomic E-state index is 3.64. The van der Waals surface area contributed by atoms with Crippen LogP contribution in [0, 0.1) is 13.8 Å². The Kier molecular flexibility index (Phi) is 1.96. The van der Waals surface area contributed by atoms with Gasteiger partial charge in [0.05, 0.1) is 4.60 Å². The van der Waals surface area contributed by atoms with Gasteiger partial charge in [-0.2, -0.15) is 0 Å². The molecule has 1 aliphatic rings. The summed E-state index contributed by atoms with van der Waals surface area (Å²) in [6, 6.07) is 4.57. The van der Waals surface area contributed by atoms with E-state index in [0.717, 1.165) is 5.92 Å². The lowest BCUT2D eigenvalue weighted by Gasteiger charge is -2.01. The van der Waals surface area contributed by atoms with Crippen molar-refractivity contribution in [3.63, 3.8) is 0 Å². The van der Waals surface area contributed by atoms with Crippen molar-refractivity contribution >= 4 is 26.8 Å². The molecule has 0 aliphatic heterocycles. The maximum absolute atomic E-state index is 3.64. The molecule has 1 aromatic carbocycles. The zero-order chi connectivity index (χ0) is 10.6. The lowest BCUT2D eigenvalue weighted by Crippen LogP contribution is -1.82. The summed E-state index contributed by atoms with van der Waals surface area (Å²) in [5.74, 6) is 0.787. The highest BCUT2D eigenvalue weighted by atomic mass is 79.9. The molecule has 2 heteroatoms. The highest BCUT2D eigenvalue weighted by Gasteiger charge is 2.28. The summed E-state index contributed by atoms with van der Waals surface area (Å²) in [7, 11) is 0. The molecule has 1 fully saturated rings. The number of hydrogen-bond donors (Lipinski definition) is 1. The Morgan fingerprint density at radius 1 is 1.20 bits per heavy atom. The Hall–Kier alpha value is -0.760. The molecule has 1 nitrogen and oxygen atoms in total. The van der Waals surface area contributed by atoms with Gasteiger partial charge in [-0.25, -0.2) is 0 Å². The molecular weight excluding hydrogens is 250 g/mol. The molecule has 0 unspecified atom stereocenters. The number of aromatic amines is 1. The Morgan fingerprint density at radius 3 is 2.53 bits per heavy atom. The van der Waals surface area contributed by atoms with Crippen LogP contribution in [-0.4, -0.2) is 4.98 Å². The molecule has 0 amide bonds. The van der Waals surface area contributed by atoms with Gasteiger partial charge in [-0.1, -0.05) is 0 Å². The molecule has 1 aliphatic carbocycles. The summed E-state index contributed by atoms with van der Waals surface area (Å²) in [5.41, 5.74) is 5.51. The number of benzene rings is 1. The summed E-state index contributed by atoms with van der Waals surface area (Å²) >= 11 is 3.64. The minimum atomic E-state index is 0.787. The fourth-order valence-electron chi connectivity index (χ4n) is 2.22. The van der Waals surface area contributed by atoms with Gasteiger partial charge in [0, 0.05) is 10.9 Å². The number of fused-ring (bicyclic) bond motifs is 1. The molecule has 78 valence electrons. The first-order valence-corrected chi connectivity index (χ1v) is 6.24. The van der Waals surface area contributed by atoms with Crippen LogP contribution >= 0.6 is 15.9 Å². The summed E-state index contributed by atoms with van der Waals surface area (Å²) in [6.07, 6.45) is 2.69. The topological polar surface area (TPSA) is 15.8 Å². The van der Waals surface area contributed by atoms with E-state index >= 15 is 0 Å². The average molecular weight is 264 g/mol. The van der Waals surface area contributed by atoms with Crippen molar-refractivity contribution in [3.05, 3.63) is 33.4 Å². The smallest absolute Gasteiger partial charge is 0.0866 e. The van der Waals surface area contributed by atoms with Gasteiger partial charge in [-0.15, -0.1) is 0 Å². The fraction of sp³-hybridized carbons (Fsp3) is 0.385. The lowest BCUT2D eigenvalue weighted by atomic mass is 10.0. The number of nitrogens with one attached hydrogen (secondary N) is 1. The van der Waals surface area contributed by atoms with Crippen molar-refractivity contribution < 1.29 is 0 Å². The largest absolute Gasteiger partial charge is 0.349 e. The molecule has 3 rings (SSSR count). The first-order chi connectivity index (χ1) is 7.16. The van der Waals surface area contributed by atoms with E-state index < -0.39 is 0 Å². The molecule has 0 saturated heterocycles. The van der Waals surface area contributed by atoms with Crippen LogP contribution < -0.4 is 0 Å². The second kappa shape index (κ2) is 3.11. The highest BCUT2D eigenvalue weighted by molar-refractivity contribution is 9.10. The second-order valence-corrected chi connectivity index (χ2v) is 5.40.